The number of ether oxygens (including phenoxy) is 2. The Morgan fingerprint density at radius 3 is 2.33 bits per heavy atom. The number of anilines is 1. The zero-order valence-electron chi connectivity index (χ0n) is 20.1. The molecule has 1 aromatic heterocycles. The van der Waals surface area contributed by atoms with Gasteiger partial charge in [-0.25, -0.2) is 13.2 Å². The highest BCUT2D eigenvalue weighted by Gasteiger charge is 2.25. The molecule has 0 saturated heterocycles. The van der Waals surface area contributed by atoms with E-state index in [1.54, 1.807) is 25.1 Å². The second kappa shape index (κ2) is 12.0. The number of amides is 1. The van der Waals surface area contributed by atoms with Gasteiger partial charge in [-0.2, -0.15) is 0 Å². The molecule has 0 aliphatic rings. The van der Waals surface area contributed by atoms with Crippen LogP contribution in [-0.2, 0) is 28.9 Å². The van der Waals surface area contributed by atoms with Crippen LogP contribution in [-0.4, -0.2) is 44.7 Å². The maximum absolute atomic E-state index is 12.7. The third-order valence-electron chi connectivity index (χ3n) is 5.15. The van der Waals surface area contributed by atoms with Gasteiger partial charge in [-0.15, -0.1) is 11.3 Å². The molecule has 10 heteroatoms. The molecule has 0 radical (unpaired) electrons. The number of hydrogen-bond donors (Lipinski definition) is 1. The van der Waals surface area contributed by atoms with Crippen LogP contribution in [0.4, 0.5) is 5.00 Å². The van der Waals surface area contributed by atoms with Crippen molar-refractivity contribution >= 4 is 44.0 Å². The van der Waals surface area contributed by atoms with Gasteiger partial charge in [0.1, 0.15) is 5.00 Å². The molecule has 3 rings (SSSR count). The number of benzene rings is 2. The van der Waals surface area contributed by atoms with Crippen LogP contribution in [0.25, 0.3) is 10.4 Å². The van der Waals surface area contributed by atoms with E-state index in [2.05, 4.69) is 5.32 Å². The van der Waals surface area contributed by atoms with Crippen molar-refractivity contribution in [1.82, 2.24) is 0 Å². The maximum Gasteiger partial charge on any atom is 0.341 e. The summed E-state index contributed by atoms with van der Waals surface area (Å²) < 4.78 is 35.2. The lowest BCUT2D eigenvalue weighted by atomic mass is 10.1. The number of hydrogen-bond acceptors (Lipinski definition) is 8. The topological polar surface area (TPSA) is 116 Å². The zero-order chi connectivity index (χ0) is 26.3. The first-order valence-electron chi connectivity index (χ1n) is 11.3. The van der Waals surface area contributed by atoms with Gasteiger partial charge in [-0.05, 0) is 44.5 Å². The van der Waals surface area contributed by atoms with Crippen LogP contribution in [0, 0.1) is 6.92 Å². The predicted molar refractivity (Wildman–Crippen MR) is 138 cm³/mol. The highest BCUT2D eigenvalue weighted by Crippen LogP contribution is 2.36. The smallest absolute Gasteiger partial charge is 0.341 e. The molecule has 1 N–H and O–H groups in total. The number of aryl methyl sites for hydroxylation is 1. The molecular weight excluding hydrogens is 502 g/mol. The van der Waals surface area contributed by atoms with Crippen LogP contribution in [0.2, 0.25) is 0 Å². The van der Waals surface area contributed by atoms with E-state index in [-0.39, 0.29) is 22.1 Å². The van der Waals surface area contributed by atoms with Gasteiger partial charge in [0.15, 0.2) is 15.9 Å². The van der Waals surface area contributed by atoms with Crippen molar-refractivity contribution in [3.05, 3.63) is 71.8 Å². The Morgan fingerprint density at radius 2 is 1.69 bits per heavy atom. The number of sulfone groups is 1. The molecular formula is C26H27NO7S2. The summed E-state index contributed by atoms with van der Waals surface area (Å²) in [4.78, 5) is 38.3. The molecule has 0 aliphatic carbocycles. The van der Waals surface area contributed by atoms with Crippen molar-refractivity contribution in [2.45, 2.75) is 38.2 Å². The van der Waals surface area contributed by atoms with Gasteiger partial charge >= 0.3 is 11.9 Å². The fourth-order valence-electron chi connectivity index (χ4n) is 3.19. The first-order valence-corrected chi connectivity index (χ1v) is 13.7. The summed E-state index contributed by atoms with van der Waals surface area (Å²) in [6.45, 7) is 5.06. The molecule has 36 heavy (non-hydrogen) atoms. The number of carbonyl (C=O) groups excluding carboxylic acids is 3. The molecule has 2 aromatic carbocycles. The third kappa shape index (κ3) is 7.02. The van der Waals surface area contributed by atoms with Gasteiger partial charge in [0, 0.05) is 4.88 Å². The molecule has 1 amide bonds. The first kappa shape index (κ1) is 27.1. The van der Waals surface area contributed by atoms with Crippen molar-refractivity contribution in [3.8, 4) is 10.4 Å². The lowest BCUT2D eigenvalue weighted by molar-refractivity contribution is -0.152. The van der Waals surface area contributed by atoms with E-state index in [0.29, 0.717) is 0 Å². The van der Waals surface area contributed by atoms with E-state index in [1.807, 2.05) is 37.3 Å². The van der Waals surface area contributed by atoms with Crippen LogP contribution < -0.4 is 5.32 Å². The van der Waals surface area contributed by atoms with Crippen LogP contribution >= 0.6 is 11.3 Å². The predicted octanol–water partition coefficient (Wildman–Crippen LogP) is 4.63. The SMILES string of the molecule is CCOC(=O)c1cc(-c2ccccc2)sc1NC(=O)C(C)OC(=O)CCS(=O)(=O)c1ccc(C)cc1. The van der Waals surface area contributed by atoms with Crippen molar-refractivity contribution in [1.29, 1.82) is 0 Å². The van der Waals surface area contributed by atoms with Gasteiger partial charge in [-0.3, -0.25) is 9.59 Å². The monoisotopic (exact) mass is 529 g/mol. The summed E-state index contributed by atoms with van der Waals surface area (Å²) in [5, 5.41) is 2.90. The van der Waals surface area contributed by atoms with Gasteiger partial charge in [0.25, 0.3) is 5.91 Å². The fourth-order valence-corrected chi connectivity index (χ4v) is 5.47. The Balaban J connectivity index is 1.65. The first-order chi connectivity index (χ1) is 17.1. The van der Waals surface area contributed by atoms with E-state index in [1.165, 1.54) is 30.4 Å². The summed E-state index contributed by atoms with van der Waals surface area (Å²) in [5.74, 6) is -2.51. The summed E-state index contributed by atoms with van der Waals surface area (Å²) >= 11 is 1.19. The number of carbonyl (C=O) groups is 3. The molecule has 1 unspecified atom stereocenters. The van der Waals surface area contributed by atoms with Crippen molar-refractivity contribution in [2.24, 2.45) is 0 Å². The summed E-state index contributed by atoms with van der Waals surface area (Å²) in [6.07, 6.45) is -1.61. The van der Waals surface area contributed by atoms with Gasteiger partial charge in [0.05, 0.1) is 29.2 Å². The van der Waals surface area contributed by atoms with E-state index in [0.717, 1.165) is 16.0 Å². The second-order valence-corrected chi connectivity index (χ2v) is 11.1. The van der Waals surface area contributed by atoms with E-state index < -0.39 is 46.0 Å². The van der Waals surface area contributed by atoms with Crippen LogP contribution in [0.15, 0.2) is 65.6 Å². The molecule has 0 bridgehead atoms. The number of thiophene rings is 1. The normalized spacial score (nSPS) is 12.0. The number of esters is 2. The minimum atomic E-state index is -3.67. The molecule has 0 aliphatic heterocycles. The van der Waals surface area contributed by atoms with Crippen molar-refractivity contribution in [3.63, 3.8) is 0 Å². The quantitative estimate of drug-likeness (QED) is 0.381. The maximum atomic E-state index is 12.7. The molecule has 1 heterocycles. The van der Waals surface area contributed by atoms with Gasteiger partial charge in [-0.1, -0.05) is 48.0 Å². The molecule has 8 nitrogen and oxygen atoms in total. The van der Waals surface area contributed by atoms with Crippen molar-refractivity contribution < 1.29 is 32.3 Å². The molecule has 1 atom stereocenters. The second-order valence-electron chi connectivity index (χ2n) is 7.94. The van der Waals surface area contributed by atoms with E-state index in [4.69, 9.17) is 9.47 Å². The number of nitrogens with one attached hydrogen (secondary N) is 1. The molecule has 190 valence electrons. The zero-order valence-corrected chi connectivity index (χ0v) is 21.8. The highest BCUT2D eigenvalue weighted by molar-refractivity contribution is 7.91. The Hall–Kier alpha value is -3.50. The van der Waals surface area contributed by atoms with E-state index in [9.17, 15) is 22.8 Å². The molecule has 3 aromatic rings. The average molecular weight is 530 g/mol. The van der Waals surface area contributed by atoms with E-state index >= 15 is 0 Å². The van der Waals surface area contributed by atoms with Crippen LogP contribution in [0.5, 0.6) is 0 Å². The average Bonchev–Trinajstić information content (AvgIpc) is 3.27. The Bertz CT molecular complexity index is 1330. The minimum absolute atomic E-state index is 0.116. The van der Waals surface area contributed by atoms with Crippen molar-refractivity contribution in [2.75, 3.05) is 17.7 Å². The Kier molecular flexibility index (Phi) is 9.00. The lowest BCUT2D eigenvalue weighted by Gasteiger charge is -2.13. The molecule has 0 fully saturated rings. The third-order valence-corrected chi connectivity index (χ3v) is 7.99. The van der Waals surface area contributed by atoms with Gasteiger partial charge in [0.2, 0.25) is 0 Å². The minimum Gasteiger partial charge on any atom is -0.462 e. The van der Waals surface area contributed by atoms with Gasteiger partial charge < -0.3 is 14.8 Å². The summed E-state index contributed by atoms with van der Waals surface area (Å²) in [5.41, 5.74) is 1.97. The largest absolute Gasteiger partial charge is 0.462 e. The Labute approximate surface area is 214 Å². The molecule has 0 saturated carbocycles. The molecule has 0 spiro atoms. The fraction of sp³-hybridized carbons (Fsp3) is 0.269. The lowest BCUT2D eigenvalue weighted by Crippen LogP contribution is -2.30. The Morgan fingerprint density at radius 1 is 1.03 bits per heavy atom. The van der Waals surface area contributed by atoms with Crippen LogP contribution in [0.3, 0.4) is 0 Å². The summed E-state index contributed by atoms with van der Waals surface area (Å²) in [7, 11) is -3.67. The summed E-state index contributed by atoms with van der Waals surface area (Å²) in [6, 6.07) is 17.3. The number of rotatable bonds is 10. The standard InChI is InChI=1S/C26H27NO7S2/c1-4-33-26(30)21-16-22(19-8-6-5-7-9-19)35-25(21)27-24(29)18(3)34-23(28)14-15-36(31,32)20-12-10-17(2)11-13-20/h5-13,16,18H,4,14-15H2,1-3H3,(H,27,29). The highest BCUT2D eigenvalue weighted by atomic mass is 32.2. The van der Waals surface area contributed by atoms with Crippen LogP contribution in [0.1, 0.15) is 36.2 Å².